The summed E-state index contributed by atoms with van der Waals surface area (Å²) in [4.78, 5) is 9.19. The van der Waals surface area contributed by atoms with E-state index in [1.807, 2.05) is 67.0 Å². The minimum atomic E-state index is 0.850. The number of nitrogens with two attached hydrogens (primary N) is 1. The molecule has 10 aromatic carbocycles. The van der Waals surface area contributed by atoms with E-state index >= 15 is 0 Å². The standard InChI is InChI=1S/C33H24N2.C23H16BrN.C10H9N/c1-2-8-24(9-3-1)25-16-18-26(19-17-25)28-20-21-34-33(23-28)29-12-6-13-30(22-29)35-32-15-7-11-27-10-4-5-14-31(27)32;24-22-8-4-7-21(15-22)23-16-20(13-14-25-23)19-11-9-18(10-12-19)17-5-2-1-3-6-17;11-10-7-3-5-8-4-1-2-6-9(8)10/h1-23,35H;1-16H;1-7H,11H2. The van der Waals surface area contributed by atoms with Gasteiger partial charge in [-0.25, -0.2) is 0 Å². The monoisotopic (exact) mass is 976 g/mol. The third-order valence-electron chi connectivity index (χ3n) is 12.3. The fraction of sp³-hybridized carbons (Fsp3) is 0. The molecule has 0 amide bonds. The van der Waals surface area contributed by atoms with Gasteiger partial charge in [-0.3, -0.25) is 9.97 Å². The van der Waals surface area contributed by atoms with Crippen LogP contribution in [0.25, 0.3) is 88.6 Å². The van der Waals surface area contributed by atoms with E-state index in [9.17, 15) is 0 Å². The zero-order valence-corrected chi connectivity index (χ0v) is 40.5. The molecular weight excluding hydrogens is 929 g/mol. The number of anilines is 3. The van der Waals surface area contributed by atoms with Crippen molar-refractivity contribution in [1.29, 1.82) is 0 Å². The number of pyridine rings is 2. The average Bonchev–Trinajstić information content (AvgIpc) is 3.44. The zero-order chi connectivity index (χ0) is 48.2. The van der Waals surface area contributed by atoms with Crippen LogP contribution < -0.4 is 11.1 Å². The Balaban J connectivity index is 0.000000140. The fourth-order valence-electron chi connectivity index (χ4n) is 8.65. The highest BCUT2D eigenvalue weighted by Crippen LogP contribution is 2.32. The molecule has 3 N–H and O–H groups in total. The maximum absolute atomic E-state index is 5.76. The van der Waals surface area contributed by atoms with Crippen LogP contribution in [0.15, 0.2) is 284 Å². The van der Waals surface area contributed by atoms with Crippen molar-refractivity contribution in [3.05, 3.63) is 284 Å². The van der Waals surface area contributed by atoms with Gasteiger partial charge in [0, 0.05) is 55.8 Å². The predicted octanol–water partition coefficient (Wildman–Crippen LogP) is 18.2. The lowest BCUT2D eigenvalue weighted by atomic mass is 9.99. The number of hydrogen-bond acceptors (Lipinski definition) is 4. The highest BCUT2D eigenvalue weighted by Gasteiger charge is 2.08. The van der Waals surface area contributed by atoms with E-state index in [4.69, 9.17) is 5.73 Å². The molecule has 2 heterocycles. The molecule has 0 atom stereocenters. The van der Waals surface area contributed by atoms with E-state index in [1.54, 1.807) is 0 Å². The number of hydrogen-bond donors (Lipinski definition) is 2. The summed E-state index contributed by atoms with van der Waals surface area (Å²) in [6, 6.07) is 92.2. The van der Waals surface area contributed by atoms with Gasteiger partial charge in [-0.1, -0.05) is 222 Å². The number of nitrogens with zero attached hydrogens (tertiary/aromatic N) is 2. The first-order valence-corrected chi connectivity index (χ1v) is 24.4. The van der Waals surface area contributed by atoms with Crippen LogP contribution in [0.2, 0.25) is 0 Å². The van der Waals surface area contributed by atoms with Crippen LogP contribution >= 0.6 is 15.9 Å². The molecule has 0 fully saturated rings. The first-order chi connectivity index (χ1) is 35.0. The van der Waals surface area contributed by atoms with Gasteiger partial charge >= 0.3 is 0 Å². The Kier molecular flexibility index (Phi) is 14.2. The summed E-state index contributed by atoms with van der Waals surface area (Å²) in [6.07, 6.45) is 3.76. The lowest BCUT2D eigenvalue weighted by Crippen LogP contribution is -1.92. The van der Waals surface area contributed by atoms with Gasteiger partial charge in [0.15, 0.2) is 0 Å². The van der Waals surface area contributed by atoms with E-state index in [0.29, 0.717) is 0 Å². The van der Waals surface area contributed by atoms with E-state index in [-0.39, 0.29) is 0 Å². The van der Waals surface area contributed by atoms with Crippen molar-refractivity contribution < 1.29 is 0 Å². The van der Waals surface area contributed by atoms with Crippen molar-refractivity contribution >= 4 is 54.5 Å². The predicted molar refractivity (Wildman–Crippen MR) is 304 cm³/mol. The van der Waals surface area contributed by atoms with Crippen molar-refractivity contribution in [2.45, 2.75) is 0 Å². The number of aromatic nitrogens is 2. The topological polar surface area (TPSA) is 63.8 Å². The molecule has 0 unspecified atom stereocenters. The van der Waals surface area contributed by atoms with Crippen LogP contribution in [0.4, 0.5) is 17.1 Å². The Morgan fingerprint density at radius 3 is 1.27 bits per heavy atom. The molecular formula is C66H49BrN4. The first-order valence-electron chi connectivity index (χ1n) is 23.6. The van der Waals surface area contributed by atoms with Crippen LogP contribution in [0, 0.1) is 0 Å². The minimum absolute atomic E-state index is 0.850. The van der Waals surface area contributed by atoms with E-state index in [0.717, 1.165) is 55.0 Å². The molecule has 340 valence electrons. The van der Waals surface area contributed by atoms with Gasteiger partial charge in [0.2, 0.25) is 0 Å². The summed E-state index contributed by atoms with van der Waals surface area (Å²) < 4.78 is 1.06. The Morgan fingerprint density at radius 2 is 0.718 bits per heavy atom. The van der Waals surface area contributed by atoms with Crippen LogP contribution in [0.5, 0.6) is 0 Å². The second kappa shape index (κ2) is 22.0. The van der Waals surface area contributed by atoms with Gasteiger partial charge in [-0.2, -0.15) is 0 Å². The molecule has 5 heteroatoms. The van der Waals surface area contributed by atoms with Gasteiger partial charge < -0.3 is 11.1 Å². The summed E-state index contributed by atoms with van der Waals surface area (Å²) in [5.41, 5.74) is 22.5. The molecule has 4 nitrogen and oxygen atoms in total. The van der Waals surface area contributed by atoms with Gasteiger partial charge in [0.25, 0.3) is 0 Å². The summed E-state index contributed by atoms with van der Waals surface area (Å²) in [6.45, 7) is 0. The molecule has 0 radical (unpaired) electrons. The number of halogens is 1. The molecule has 0 aliphatic heterocycles. The minimum Gasteiger partial charge on any atom is -0.398 e. The van der Waals surface area contributed by atoms with Crippen LogP contribution in [0.1, 0.15) is 0 Å². The number of fused-ring (bicyclic) bond motifs is 2. The molecule has 0 saturated carbocycles. The van der Waals surface area contributed by atoms with Crippen LogP contribution in [0.3, 0.4) is 0 Å². The Bertz CT molecular complexity index is 3680. The van der Waals surface area contributed by atoms with Gasteiger partial charge in [0.1, 0.15) is 0 Å². The molecule has 71 heavy (non-hydrogen) atoms. The number of benzene rings is 10. The second-order valence-electron chi connectivity index (χ2n) is 17.1. The quantitative estimate of drug-likeness (QED) is 0.149. The second-order valence-corrected chi connectivity index (χ2v) is 18.0. The first kappa shape index (κ1) is 45.9. The number of nitrogen functional groups attached to an aromatic ring is 1. The van der Waals surface area contributed by atoms with Crippen molar-refractivity contribution in [1.82, 2.24) is 9.97 Å². The highest BCUT2D eigenvalue weighted by molar-refractivity contribution is 9.10. The lowest BCUT2D eigenvalue weighted by Gasteiger charge is -2.12. The largest absolute Gasteiger partial charge is 0.398 e. The summed E-state index contributed by atoms with van der Waals surface area (Å²) in [7, 11) is 0. The molecule has 0 bridgehead atoms. The normalized spacial score (nSPS) is 10.7. The molecule has 0 aliphatic carbocycles. The number of rotatable bonds is 8. The maximum atomic E-state index is 5.76. The highest BCUT2D eigenvalue weighted by atomic mass is 79.9. The molecule has 0 spiro atoms. The molecule has 12 aromatic rings. The SMILES string of the molecule is Brc1cccc(-c2cc(-c3ccc(-c4ccccc4)cc3)ccn2)c1.Nc1cccc2ccccc12.c1ccc(-c2ccc(-c3ccnc(-c4cccc(Nc5cccc6ccccc56)c4)c3)cc2)cc1. The van der Waals surface area contributed by atoms with Crippen molar-refractivity contribution in [2.75, 3.05) is 11.1 Å². The van der Waals surface area contributed by atoms with Crippen molar-refractivity contribution in [3.8, 4) is 67.0 Å². The van der Waals surface area contributed by atoms with Crippen LogP contribution in [-0.2, 0) is 0 Å². The summed E-state index contributed by atoms with van der Waals surface area (Å²) in [5, 5.41) is 8.36. The molecule has 0 aliphatic rings. The van der Waals surface area contributed by atoms with E-state index < -0.39 is 0 Å². The third-order valence-corrected chi connectivity index (χ3v) is 12.8. The molecule has 0 saturated heterocycles. The summed E-state index contributed by atoms with van der Waals surface area (Å²) >= 11 is 3.53. The van der Waals surface area contributed by atoms with Crippen molar-refractivity contribution in [3.63, 3.8) is 0 Å². The molecule has 2 aromatic heterocycles. The number of nitrogens with one attached hydrogen (secondary N) is 1. The average molecular weight is 978 g/mol. The lowest BCUT2D eigenvalue weighted by molar-refractivity contribution is 1.32. The molecule has 12 rings (SSSR count). The van der Waals surface area contributed by atoms with Crippen molar-refractivity contribution in [2.24, 2.45) is 0 Å². The Labute approximate surface area is 424 Å². The third kappa shape index (κ3) is 11.4. The van der Waals surface area contributed by atoms with Gasteiger partial charge in [-0.15, -0.1) is 0 Å². The van der Waals surface area contributed by atoms with Gasteiger partial charge in [0.05, 0.1) is 11.4 Å². The Morgan fingerprint density at radius 1 is 0.310 bits per heavy atom. The zero-order valence-electron chi connectivity index (χ0n) is 38.9. The Hall–Kier alpha value is -8.90. The maximum Gasteiger partial charge on any atom is 0.0708 e. The smallest absolute Gasteiger partial charge is 0.0708 e. The van der Waals surface area contributed by atoms with E-state index in [2.05, 4.69) is 244 Å². The van der Waals surface area contributed by atoms with Crippen LogP contribution in [-0.4, -0.2) is 9.97 Å². The fourth-order valence-corrected chi connectivity index (χ4v) is 9.05. The van der Waals surface area contributed by atoms with Gasteiger partial charge in [-0.05, 0) is 116 Å². The summed E-state index contributed by atoms with van der Waals surface area (Å²) in [5.74, 6) is 0. The van der Waals surface area contributed by atoms with E-state index in [1.165, 1.54) is 55.1 Å².